The van der Waals surface area contributed by atoms with Crippen molar-refractivity contribution >= 4 is 7.71 Å². The summed E-state index contributed by atoms with van der Waals surface area (Å²) in [5.74, 6) is -0.298. The van der Waals surface area contributed by atoms with E-state index in [1.165, 1.54) is 0 Å². The Kier molecular flexibility index (Phi) is 7.25. The van der Waals surface area contributed by atoms with Crippen molar-refractivity contribution in [1.82, 2.24) is 14.0 Å². The van der Waals surface area contributed by atoms with Crippen LogP contribution in [-0.2, 0) is 0 Å². The molecule has 2 aromatic rings. The van der Waals surface area contributed by atoms with Crippen molar-refractivity contribution in [1.29, 1.82) is 0 Å². The summed E-state index contributed by atoms with van der Waals surface area (Å²) in [5.41, 5.74) is 2.05. The maximum absolute atomic E-state index is 10.9. The van der Waals surface area contributed by atoms with Crippen molar-refractivity contribution in [3.05, 3.63) is 46.5 Å². The lowest BCUT2D eigenvalue weighted by Gasteiger charge is -2.42. The van der Waals surface area contributed by atoms with E-state index < -0.39 is 7.71 Å². The van der Waals surface area contributed by atoms with Gasteiger partial charge in [0.15, 0.2) is 0 Å². The zero-order chi connectivity index (χ0) is 23.0. The SMILES string of the molecule is Cc1c(O)ccc(C(C[P+](N(C)C)(N(C)C)N(C)C)c2ccc(O)c(C)c2O)c1O. The first-order valence-electron chi connectivity index (χ1n) is 9.80. The van der Waals surface area contributed by atoms with Crippen molar-refractivity contribution in [2.24, 2.45) is 0 Å². The van der Waals surface area contributed by atoms with Crippen molar-refractivity contribution in [3.8, 4) is 23.0 Å². The quantitative estimate of drug-likeness (QED) is 0.492. The van der Waals surface area contributed by atoms with Crippen LogP contribution in [0.25, 0.3) is 0 Å². The smallest absolute Gasteiger partial charge is 0.226 e. The summed E-state index contributed by atoms with van der Waals surface area (Å²) in [6, 6.07) is 6.56. The van der Waals surface area contributed by atoms with Gasteiger partial charge >= 0.3 is 0 Å². The van der Waals surface area contributed by atoms with E-state index in [-0.39, 0.29) is 28.9 Å². The third-order valence-electron chi connectivity index (χ3n) is 5.97. The van der Waals surface area contributed by atoms with Crippen LogP contribution in [0.2, 0.25) is 0 Å². The Morgan fingerprint density at radius 2 is 1.00 bits per heavy atom. The van der Waals surface area contributed by atoms with E-state index in [1.807, 2.05) is 42.3 Å². The molecule has 0 fully saturated rings. The van der Waals surface area contributed by atoms with Crippen LogP contribution in [0.3, 0.4) is 0 Å². The van der Waals surface area contributed by atoms with E-state index in [0.29, 0.717) is 28.4 Å². The first-order chi connectivity index (χ1) is 13.9. The Bertz CT molecular complexity index is 836. The Hall–Kier alpha value is -2.05. The van der Waals surface area contributed by atoms with E-state index in [0.717, 1.165) is 0 Å². The predicted molar refractivity (Wildman–Crippen MR) is 124 cm³/mol. The molecular weight excluding hydrogens is 401 g/mol. The molecule has 166 valence electrons. The fraction of sp³-hybridized carbons (Fsp3) is 0.455. The van der Waals surface area contributed by atoms with E-state index in [2.05, 4.69) is 14.0 Å². The first kappa shape index (κ1) is 24.2. The summed E-state index contributed by atoms with van der Waals surface area (Å²) in [5, 5.41) is 41.9. The largest absolute Gasteiger partial charge is 0.508 e. The molecule has 7 nitrogen and oxygen atoms in total. The number of phenols is 4. The van der Waals surface area contributed by atoms with E-state index in [9.17, 15) is 20.4 Å². The van der Waals surface area contributed by atoms with E-state index in [1.54, 1.807) is 38.1 Å². The van der Waals surface area contributed by atoms with Gasteiger partial charge < -0.3 is 20.4 Å². The van der Waals surface area contributed by atoms with Crippen molar-refractivity contribution in [2.75, 3.05) is 48.4 Å². The number of nitrogens with zero attached hydrogens (tertiary/aromatic N) is 3. The van der Waals surface area contributed by atoms with E-state index >= 15 is 0 Å². The van der Waals surface area contributed by atoms with Gasteiger partial charge in [0.05, 0.1) is 5.92 Å². The zero-order valence-electron chi connectivity index (χ0n) is 19.2. The maximum Gasteiger partial charge on any atom is 0.226 e. The standard InChI is InChI=1S/C22H34N3O4P/c1-14-19(26)11-9-16(21(14)28)18(17-10-12-20(27)15(2)22(17)29)13-30(23(3)4,24(5)6)25(7)8/h9-12,18H,13H2,1-8H3,(H3-,26,27,28,29)/p+1. The van der Waals surface area contributed by atoms with Crippen LogP contribution in [0.5, 0.6) is 23.0 Å². The second kappa shape index (κ2) is 8.98. The topological polar surface area (TPSA) is 90.6 Å². The summed E-state index contributed by atoms with van der Waals surface area (Å²) in [6.45, 7) is 3.33. The minimum absolute atomic E-state index is 0.0134. The summed E-state index contributed by atoms with van der Waals surface area (Å²) in [4.78, 5) is 0. The minimum atomic E-state index is -2.04. The Labute approximate surface area is 180 Å². The molecule has 0 heterocycles. The fourth-order valence-electron chi connectivity index (χ4n) is 4.16. The Balaban J connectivity index is 2.81. The van der Waals surface area contributed by atoms with Crippen LogP contribution in [0.15, 0.2) is 24.3 Å². The number of phenolic OH excluding ortho intramolecular Hbond substituents is 4. The summed E-state index contributed by atoms with van der Waals surface area (Å²) in [6.07, 6.45) is 0.607. The molecule has 8 heteroatoms. The highest BCUT2D eigenvalue weighted by Crippen LogP contribution is 2.66. The number of benzene rings is 2. The van der Waals surface area contributed by atoms with Gasteiger partial charge in [0.2, 0.25) is 7.71 Å². The molecule has 0 aliphatic carbocycles. The lowest BCUT2D eigenvalue weighted by Crippen LogP contribution is -2.39. The molecule has 0 saturated carbocycles. The predicted octanol–water partition coefficient (Wildman–Crippen LogP) is 3.71. The second-order valence-electron chi connectivity index (χ2n) is 8.26. The molecule has 0 amide bonds. The third-order valence-corrected chi connectivity index (χ3v) is 10.7. The van der Waals surface area contributed by atoms with Gasteiger partial charge in [-0.2, -0.15) is 14.0 Å². The van der Waals surface area contributed by atoms with Crippen LogP contribution in [0.4, 0.5) is 0 Å². The highest BCUT2D eigenvalue weighted by atomic mass is 31.2. The molecule has 0 unspecified atom stereocenters. The van der Waals surface area contributed by atoms with Gasteiger partial charge in [-0.3, -0.25) is 0 Å². The highest BCUT2D eigenvalue weighted by Gasteiger charge is 2.50. The first-order valence-corrected chi connectivity index (χ1v) is 11.6. The second-order valence-corrected chi connectivity index (χ2v) is 12.4. The third kappa shape index (κ3) is 4.08. The van der Waals surface area contributed by atoms with E-state index in [4.69, 9.17) is 0 Å². The molecule has 2 rings (SSSR count). The Morgan fingerprint density at radius 3 is 1.30 bits per heavy atom. The molecule has 2 aromatic carbocycles. The van der Waals surface area contributed by atoms with Gasteiger partial charge in [-0.25, -0.2) is 0 Å². The van der Waals surface area contributed by atoms with Gasteiger partial charge in [-0.05, 0) is 26.0 Å². The molecule has 0 radical (unpaired) electrons. The highest BCUT2D eigenvalue weighted by molar-refractivity contribution is 7.69. The van der Waals surface area contributed by atoms with Crippen LogP contribution in [0, 0.1) is 13.8 Å². The molecule has 4 N–H and O–H groups in total. The van der Waals surface area contributed by atoms with Gasteiger partial charge in [-0.15, -0.1) is 0 Å². The van der Waals surface area contributed by atoms with Gasteiger partial charge in [0.25, 0.3) is 0 Å². The van der Waals surface area contributed by atoms with Crippen LogP contribution in [-0.4, -0.2) is 82.9 Å². The lowest BCUT2D eigenvalue weighted by molar-refractivity contribution is 0.426. The number of rotatable bonds is 7. The summed E-state index contributed by atoms with van der Waals surface area (Å²) < 4.78 is 6.61. The number of hydrogen-bond donors (Lipinski definition) is 4. The minimum Gasteiger partial charge on any atom is -0.508 e. The van der Waals surface area contributed by atoms with Crippen molar-refractivity contribution in [3.63, 3.8) is 0 Å². The lowest BCUT2D eigenvalue weighted by atomic mass is 9.89. The van der Waals surface area contributed by atoms with Crippen molar-refractivity contribution in [2.45, 2.75) is 19.8 Å². The average molecular weight is 437 g/mol. The molecule has 0 aromatic heterocycles. The number of hydrogen-bond acceptors (Lipinski definition) is 7. The maximum atomic E-state index is 10.9. The van der Waals surface area contributed by atoms with Crippen LogP contribution >= 0.6 is 7.71 Å². The Morgan fingerprint density at radius 1 is 0.667 bits per heavy atom. The molecule has 0 spiro atoms. The molecule has 0 aliphatic rings. The summed E-state index contributed by atoms with van der Waals surface area (Å²) >= 11 is 0. The molecule has 0 aliphatic heterocycles. The van der Waals surface area contributed by atoms with Crippen molar-refractivity contribution < 1.29 is 20.4 Å². The normalized spacial score (nSPS) is 12.5. The molecular formula is C22H35N3O4P+. The molecule has 30 heavy (non-hydrogen) atoms. The van der Waals surface area contributed by atoms with Gasteiger partial charge in [0, 0.05) is 64.5 Å². The van der Waals surface area contributed by atoms with Gasteiger partial charge in [0.1, 0.15) is 29.2 Å². The number of aromatic hydroxyl groups is 4. The van der Waals surface area contributed by atoms with Crippen LogP contribution in [0.1, 0.15) is 28.2 Å². The average Bonchev–Trinajstić information content (AvgIpc) is 2.66. The monoisotopic (exact) mass is 436 g/mol. The molecule has 0 saturated heterocycles. The van der Waals surface area contributed by atoms with Gasteiger partial charge in [-0.1, -0.05) is 12.1 Å². The summed E-state index contributed by atoms with van der Waals surface area (Å²) in [7, 11) is 10.2. The molecule has 0 atom stereocenters. The zero-order valence-corrected chi connectivity index (χ0v) is 20.1. The molecule has 0 bridgehead atoms. The fourth-order valence-corrected chi connectivity index (χ4v) is 8.17. The van der Waals surface area contributed by atoms with Crippen LogP contribution < -0.4 is 0 Å².